The molecule has 43 heteroatoms. The summed E-state index contributed by atoms with van der Waals surface area (Å²) in [6.45, 7) is 19.6. The van der Waals surface area contributed by atoms with Gasteiger partial charge < -0.3 is 192 Å². The Balaban J connectivity index is 0.757. The first-order chi connectivity index (χ1) is 61.4. The lowest BCUT2D eigenvalue weighted by Gasteiger charge is -2.72. The summed E-state index contributed by atoms with van der Waals surface area (Å²) in [6, 6.07) is 0. The number of carbonyl (C=O) groups excluding carboxylic acids is 4. The number of esters is 4. The zero-order chi connectivity index (χ0) is 95.9. The van der Waals surface area contributed by atoms with Gasteiger partial charge >= 0.3 is 23.9 Å². The molecule has 131 heavy (non-hydrogen) atoms. The molecule has 0 spiro atoms. The minimum absolute atomic E-state index is 0.00997. The van der Waals surface area contributed by atoms with Crippen LogP contribution in [0, 0.1) is 56.2 Å². The van der Waals surface area contributed by atoms with Gasteiger partial charge in [0.15, 0.2) is 62.3 Å². The lowest BCUT2D eigenvalue weighted by atomic mass is 9.32. The molecule has 46 atom stereocenters. The quantitative estimate of drug-likeness (QED) is 0.0120. The summed E-state index contributed by atoms with van der Waals surface area (Å²) in [5.74, 6) is -6.33. The molecule has 8 aliphatic heterocycles. The molecule has 0 aromatic carbocycles. The number of allylic oxidation sites excluding steroid dienone is 2. The summed E-state index contributed by atoms with van der Waals surface area (Å²) in [4.78, 5) is 54.8. The van der Waals surface area contributed by atoms with Gasteiger partial charge in [-0.1, -0.05) is 79.2 Å². The third kappa shape index (κ3) is 20.2. The number of hydrogen-bond donors (Lipinski definition) is 20. The lowest BCUT2D eigenvalue weighted by Crippen LogP contribution is -2.73. The van der Waals surface area contributed by atoms with Gasteiger partial charge in [-0.25, -0.2) is 4.79 Å². The van der Waals surface area contributed by atoms with E-state index in [1.54, 1.807) is 0 Å². The molecule has 0 radical (unpaired) electrons. The van der Waals surface area contributed by atoms with Crippen LogP contribution in [-0.4, -0.2) is 412 Å². The Hall–Kier alpha value is -4.30. The maximum Gasteiger partial charge on any atom is 0.333 e. The van der Waals surface area contributed by atoms with Gasteiger partial charge in [0, 0.05) is 30.8 Å². The molecule has 0 aromatic rings. The monoisotopic (exact) mass is 1880 g/mol. The van der Waals surface area contributed by atoms with Gasteiger partial charge in [-0.3, -0.25) is 14.4 Å². The van der Waals surface area contributed by atoms with Crippen molar-refractivity contribution in [3.63, 3.8) is 0 Å². The molecule has 748 valence electrons. The predicted molar refractivity (Wildman–Crippen MR) is 436 cm³/mol. The smallest absolute Gasteiger partial charge is 0.333 e. The molecule has 8 saturated heterocycles. The Morgan fingerprint density at radius 3 is 1.69 bits per heavy atom. The van der Waals surface area contributed by atoms with Crippen LogP contribution in [0.15, 0.2) is 36.0 Å². The van der Waals surface area contributed by atoms with Crippen molar-refractivity contribution in [3.05, 3.63) is 36.0 Å². The van der Waals surface area contributed by atoms with Crippen molar-refractivity contribution < 1.29 is 211 Å². The van der Waals surface area contributed by atoms with E-state index >= 15 is 4.79 Å². The van der Waals surface area contributed by atoms with Crippen LogP contribution in [0.25, 0.3) is 0 Å². The van der Waals surface area contributed by atoms with Crippen molar-refractivity contribution in [2.45, 2.75) is 380 Å². The van der Waals surface area contributed by atoms with Crippen molar-refractivity contribution in [1.82, 2.24) is 0 Å². The number of carbonyl (C=O) groups is 4. The van der Waals surface area contributed by atoms with Crippen LogP contribution >= 0.6 is 0 Å². The van der Waals surface area contributed by atoms with E-state index in [-0.39, 0.29) is 49.5 Å². The van der Waals surface area contributed by atoms with Crippen molar-refractivity contribution in [2.24, 2.45) is 56.2 Å². The van der Waals surface area contributed by atoms with Gasteiger partial charge in [0.2, 0.25) is 6.29 Å². The summed E-state index contributed by atoms with van der Waals surface area (Å²) in [5.41, 5.74) is -6.85. The zero-order valence-electron chi connectivity index (χ0n) is 75.7. The van der Waals surface area contributed by atoms with Crippen molar-refractivity contribution in [2.75, 3.05) is 52.9 Å². The number of rotatable bonds is 27. The summed E-state index contributed by atoms with van der Waals surface area (Å²) in [6.07, 6.45) is -56.1. The molecule has 0 amide bonds. The molecule has 0 bridgehead atoms. The highest BCUT2D eigenvalue weighted by Crippen LogP contribution is 2.76. The lowest BCUT2D eigenvalue weighted by molar-refractivity contribution is -0.379. The molecular formula is C88H138O43. The summed E-state index contributed by atoms with van der Waals surface area (Å²) in [7, 11) is 0. The van der Waals surface area contributed by atoms with Gasteiger partial charge in [-0.05, 0) is 117 Å². The van der Waals surface area contributed by atoms with Gasteiger partial charge in [-0.15, -0.1) is 6.58 Å². The topological polar surface area (TPSA) is 648 Å². The normalized spacial score (nSPS) is 49.3. The number of hydrogen-bond acceptors (Lipinski definition) is 43. The Labute approximate surface area is 757 Å². The molecule has 13 aliphatic rings. The first kappa shape index (κ1) is 104. The summed E-state index contributed by atoms with van der Waals surface area (Å²) >= 11 is 0. The third-order valence-corrected chi connectivity index (χ3v) is 31.0. The summed E-state index contributed by atoms with van der Waals surface area (Å²) in [5, 5.41) is 228. The maximum atomic E-state index is 16.4. The molecule has 12 fully saturated rings. The number of aliphatic hydroxyl groups is 20. The Bertz CT molecular complexity index is 3970. The average molecular weight is 1880 g/mol. The standard InChI is InChI=1S/C88H138O43/c1-14-84(10,112)21-15-16-35(2)72(110)126-66-57(100)44(27-89)121-80(69(66)130-73-36(3)52(95)45(32-117-73)122-76-64(107)65(43(94)30-116-76)127-74-61(104)53(96)41(92)28-114-74)131-81(111)88-25-24-82(6,7)26-40(88)39-17-18-50-85(11)22-20-51(83(8,9)49(85)19-23-86(50,12)87(39,13)70(108)71(88)109)125-79-68(128-75-62(105)54(97)42(93)29-115-75)60(103)56(99)47(124-79)33-118-78-67(58(101)48(34-119-78)120-38(5)91)129-77-63(106)59(102)55(98)46(123-77)31-113-37(4)90/h14,16-17,36,40-71,73-80,89,92-109,112H,1,15,18-34H2,2-13H3/b35-16+. The van der Waals surface area contributed by atoms with E-state index in [0.29, 0.717) is 37.7 Å². The van der Waals surface area contributed by atoms with Crippen LogP contribution in [0.2, 0.25) is 0 Å². The maximum absolute atomic E-state index is 16.4. The van der Waals surface area contributed by atoms with E-state index in [1.807, 2.05) is 34.6 Å². The Kier molecular flexibility index (Phi) is 32.5. The average Bonchev–Trinajstić information content (AvgIpc) is 0.662. The predicted octanol–water partition coefficient (Wildman–Crippen LogP) is -4.97. The highest BCUT2D eigenvalue weighted by atomic mass is 16.8. The van der Waals surface area contributed by atoms with E-state index in [0.717, 1.165) is 13.8 Å². The molecule has 46 unspecified atom stereocenters. The first-order valence-electron chi connectivity index (χ1n) is 45.3. The van der Waals surface area contributed by atoms with E-state index in [1.165, 1.54) is 32.9 Å². The minimum atomic E-state index is -2.06. The van der Waals surface area contributed by atoms with Crippen molar-refractivity contribution in [1.29, 1.82) is 0 Å². The number of ether oxygens (including phenoxy) is 19. The molecule has 13 rings (SSSR count). The van der Waals surface area contributed by atoms with Gasteiger partial charge in [0.05, 0.1) is 76.3 Å². The minimum Gasteiger partial charge on any atom is -0.463 e. The fourth-order valence-electron chi connectivity index (χ4n) is 22.8. The molecule has 5 aliphatic carbocycles. The molecule has 8 heterocycles. The highest BCUT2D eigenvalue weighted by Gasteiger charge is 2.76. The van der Waals surface area contributed by atoms with Gasteiger partial charge in [0.1, 0.15) is 146 Å². The second-order valence-corrected chi connectivity index (χ2v) is 40.4. The van der Waals surface area contributed by atoms with Crippen LogP contribution in [-0.2, 0) is 109 Å². The Morgan fingerprint density at radius 1 is 0.496 bits per heavy atom. The summed E-state index contributed by atoms with van der Waals surface area (Å²) < 4.78 is 115. The molecule has 20 N–H and O–H groups in total. The first-order valence-corrected chi connectivity index (χ1v) is 45.3. The van der Waals surface area contributed by atoms with E-state index < -0.39 is 354 Å². The van der Waals surface area contributed by atoms with Crippen LogP contribution in [0.4, 0.5) is 0 Å². The largest absolute Gasteiger partial charge is 0.463 e. The van der Waals surface area contributed by atoms with Crippen molar-refractivity contribution in [3.8, 4) is 0 Å². The van der Waals surface area contributed by atoms with Crippen LogP contribution in [0.3, 0.4) is 0 Å². The van der Waals surface area contributed by atoms with Crippen LogP contribution in [0.5, 0.6) is 0 Å². The number of fused-ring (bicyclic) bond motifs is 7. The molecule has 43 nitrogen and oxygen atoms in total. The van der Waals surface area contributed by atoms with E-state index in [2.05, 4.69) is 26.5 Å². The van der Waals surface area contributed by atoms with E-state index in [4.69, 9.17) is 90.0 Å². The molecule has 4 saturated carbocycles. The van der Waals surface area contributed by atoms with Gasteiger partial charge in [-0.2, -0.15) is 0 Å². The molecule has 0 aromatic heterocycles. The second kappa shape index (κ2) is 40.9. The van der Waals surface area contributed by atoms with Crippen molar-refractivity contribution >= 4 is 23.9 Å². The Morgan fingerprint density at radius 2 is 1.05 bits per heavy atom. The van der Waals surface area contributed by atoms with E-state index in [9.17, 15) is 117 Å². The fraction of sp³-hybridized carbons (Fsp3) is 0.886. The molecular weight excluding hydrogens is 1740 g/mol. The highest BCUT2D eigenvalue weighted by molar-refractivity contribution is 5.88. The SMILES string of the molecule is C=CC(C)(O)CC/C=C(\C)C(=O)OC1C(O)C(CO)OC(OC(=O)C23CCC(C)(C)CC2C2=CCC4C5(C)CCC(OC6OC(COC7OCC(OC(C)=O)C(O)C7OC7OC(COC(C)=O)C(O)C(O)C7O)C(O)C(O)C6OC6OCC(O)C(O)C6O)C(C)(C)C5CCC4(C)C2(C)C(O)C3O)C1OC1OCC(OC2OCC(O)C(OC3OCC(O)C(O)C3O)C2O)C(O)C1C. The second-order valence-electron chi connectivity index (χ2n) is 40.4. The van der Waals surface area contributed by atoms with Crippen LogP contribution in [0.1, 0.15) is 147 Å². The van der Waals surface area contributed by atoms with Crippen LogP contribution < -0.4 is 0 Å². The zero-order valence-corrected chi connectivity index (χ0v) is 75.7. The fourth-order valence-corrected chi connectivity index (χ4v) is 22.8. The third-order valence-electron chi connectivity index (χ3n) is 31.0. The number of aliphatic hydroxyl groups excluding tert-OH is 19. The van der Waals surface area contributed by atoms with Gasteiger partial charge in [0.25, 0.3) is 0 Å².